The summed E-state index contributed by atoms with van der Waals surface area (Å²) in [5, 5.41) is -0.435. The van der Waals surface area contributed by atoms with Gasteiger partial charge in [-0.1, -0.05) is 13.8 Å². The normalized spacial score (nSPS) is 12.4. The number of rotatable bonds is 7. The number of nitrogens with zero attached hydrogens (tertiary/aromatic N) is 1. The lowest BCUT2D eigenvalue weighted by Crippen LogP contribution is -2.17. The van der Waals surface area contributed by atoms with Gasteiger partial charge >= 0.3 is 5.97 Å². The number of carbonyl (C=O) groups excluding carboxylic acids is 1. The van der Waals surface area contributed by atoms with Gasteiger partial charge in [-0.3, -0.25) is 0 Å². The van der Waals surface area contributed by atoms with E-state index >= 15 is 0 Å². The summed E-state index contributed by atoms with van der Waals surface area (Å²) >= 11 is 0. The lowest BCUT2D eigenvalue weighted by Gasteiger charge is -2.09. The molecule has 0 aromatic carbocycles. The van der Waals surface area contributed by atoms with Gasteiger partial charge < -0.3 is 14.9 Å². The van der Waals surface area contributed by atoms with E-state index in [0.29, 0.717) is 6.42 Å². The molecule has 0 aliphatic heterocycles. The van der Waals surface area contributed by atoms with Gasteiger partial charge in [-0.2, -0.15) is 0 Å². The Morgan fingerprint density at radius 1 is 1.12 bits per heavy atom. The molecular formula is C16H22N2O6S2. The first-order valence-corrected chi connectivity index (χ1v) is 11.4. The van der Waals surface area contributed by atoms with Crippen molar-refractivity contribution in [3.05, 3.63) is 23.9 Å². The summed E-state index contributed by atoms with van der Waals surface area (Å²) in [5.41, 5.74) is 5.71. The lowest BCUT2D eigenvalue weighted by atomic mass is 10.2. The molecule has 0 aliphatic carbocycles. The minimum Gasteiger partial charge on any atom is -0.465 e. The second-order valence-electron chi connectivity index (χ2n) is 5.82. The Kier molecular flexibility index (Phi) is 5.67. The van der Waals surface area contributed by atoms with Gasteiger partial charge in [0.2, 0.25) is 0 Å². The number of fused-ring (bicyclic) bond motifs is 1. The van der Waals surface area contributed by atoms with Gasteiger partial charge in [-0.25, -0.2) is 21.6 Å². The fourth-order valence-corrected chi connectivity index (χ4v) is 6.82. The number of sulfone groups is 2. The van der Waals surface area contributed by atoms with E-state index in [1.807, 2.05) is 0 Å². The van der Waals surface area contributed by atoms with Gasteiger partial charge in [0.05, 0.1) is 29.8 Å². The fourth-order valence-electron chi connectivity index (χ4n) is 2.89. The van der Waals surface area contributed by atoms with E-state index < -0.39 is 35.6 Å². The molecule has 26 heavy (non-hydrogen) atoms. The van der Waals surface area contributed by atoms with Crippen LogP contribution in [-0.2, 0) is 24.4 Å². The highest BCUT2D eigenvalue weighted by Gasteiger charge is 2.38. The molecule has 0 saturated heterocycles. The van der Waals surface area contributed by atoms with Crippen LogP contribution >= 0.6 is 0 Å². The van der Waals surface area contributed by atoms with Crippen LogP contribution in [0.2, 0.25) is 0 Å². The van der Waals surface area contributed by atoms with Crippen LogP contribution in [0.25, 0.3) is 5.52 Å². The number of nitrogens with two attached hydrogens (primary N) is 1. The number of pyridine rings is 1. The average molecular weight is 402 g/mol. The van der Waals surface area contributed by atoms with Crippen molar-refractivity contribution in [1.82, 2.24) is 4.40 Å². The van der Waals surface area contributed by atoms with Gasteiger partial charge in [0.15, 0.2) is 24.7 Å². The van der Waals surface area contributed by atoms with Gasteiger partial charge in [-0.15, -0.1) is 0 Å². The highest BCUT2D eigenvalue weighted by Crippen LogP contribution is 2.36. The number of hydrogen-bond acceptors (Lipinski definition) is 7. The summed E-state index contributed by atoms with van der Waals surface area (Å²) in [6, 6.07) is 2.96. The molecule has 0 radical (unpaired) electrons. The molecule has 10 heteroatoms. The van der Waals surface area contributed by atoms with E-state index in [9.17, 15) is 21.6 Å². The van der Waals surface area contributed by atoms with Crippen molar-refractivity contribution < 1.29 is 26.4 Å². The quantitative estimate of drug-likeness (QED) is 0.698. The van der Waals surface area contributed by atoms with Gasteiger partial charge in [-0.05, 0) is 25.0 Å². The van der Waals surface area contributed by atoms with Gasteiger partial charge in [0.1, 0.15) is 10.5 Å². The molecular weight excluding hydrogens is 380 g/mol. The van der Waals surface area contributed by atoms with E-state index in [1.165, 1.54) is 18.3 Å². The topological polar surface area (TPSA) is 125 Å². The molecule has 2 N–H and O–H groups in total. The number of hydrogen-bond donors (Lipinski definition) is 1. The number of carbonyl (C=O) groups is 1. The molecule has 0 aliphatic rings. The van der Waals surface area contributed by atoms with E-state index in [0.717, 1.165) is 11.5 Å². The third kappa shape index (κ3) is 3.30. The van der Waals surface area contributed by atoms with Crippen molar-refractivity contribution in [2.24, 2.45) is 0 Å². The number of methoxy groups -OCH3 is 1. The Hall–Kier alpha value is -2.07. The summed E-state index contributed by atoms with van der Waals surface area (Å²) in [5.74, 6) is -1.51. The predicted octanol–water partition coefficient (Wildman–Crippen LogP) is 1.68. The Bertz CT molecular complexity index is 1050. The van der Waals surface area contributed by atoms with Crippen LogP contribution in [0, 0.1) is 0 Å². The molecule has 0 bridgehead atoms. The largest absolute Gasteiger partial charge is 0.465 e. The fraction of sp³-hybridized carbons (Fsp3) is 0.438. The van der Waals surface area contributed by atoms with E-state index in [2.05, 4.69) is 0 Å². The highest BCUT2D eigenvalue weighted by atomic mass is 32.2. The van der Waals surface area contributed by atoms with Crippen molar-refractivity contribution in [3.8, 4) is 0 Å². The number of anilines is 1. The van der Waals surface area contributed by atoms with Gasteiger partial charge in [0.25, 0.3) is 0 Å². The first kappa shape index (κ1) is 20.2. The molecule has 0 unspecified atom stereocenters. The maximum absolute atomic E-state index is 12.9. The third-order valence-corrected chi connectivity index (χ3v) is 7.87. The molecule has 2 heterocycles. The smallest absolute Gasteiger partial charge is 0.341 e. The SMILES string of the molecule is CCCS(=O)(=O)c1c(C(=O)OC)c2c(N)cccn2c1S(=O)(=O)CCC. The van der Waals surface area contributed by atoms with E-state index in [4.69, 9.17) is 10.5 Å². The van der Waals surface area contributed by atoms with E-state index in [-0.39, 0.29) is 34.7 Å². The van der Waals surface area contributed by atoms with Crippen LogP contribution in [-0.4, -0.2) is 45.8 Å². The van der Waals surface area contributed by atoms with Crippen molar-refractivity contribution in [2.45, 2.75) is 36.6 Å². The number of aromatic nitrogens is 1. The molecule has 144 valence electrons. The molecule has 2 aromatic heterocycles. The zero-order chi connectivity index (χ0) is 19.7. The van der Waals surface area contributed by atoms with Crippen LogP contribution in [0.5, 0.6) is 0 Å². The van der Waals surface area contributed by atoms with Crippen LogP contribution in [0.15, 0.2) is 28.3 Å². The van der Waals surface area contributed by atoms with E-state index in [1.54, 1.807) is 13.8 Å². The summed E-state index contributed by atoms with van der Waals surface area (Å²) in [6.45, 7) is 3.32. The number of ether oxygens (including phenoxy) is 1. The molecule has 0 amide bonds. The first-order chi connectivity index (χ1) is 12.1. The minimum atomic E-state index is -4.06. The monoisotopic (exact) mass is 402 g/mol. The average Bonchev–Trinajstić information content (AvgIpc) is 2.92. The Morgan fingerprint density at radius 3 is 2.23 bits per heavy atom. The maximum atomic E-state index is 12.9. The van der Waals surface area contributed by atoms with Crippen molar-refractivity contribution in [2.75, 3.05) is 24.3 Å². The van der Waals surface area contributed by atoms with Crippen molar-refractivity contribution >= 4 is 36.8 Å². The summed E-state index contributed by atoms with van der Waals surface area (Å²) in [4.78, 5) is 11.9. The Labute approximate surface area is 152 Å². The van der Waals surface area contributed by atoms with Gasteiger partial charge in [0, 0.05) is 6.20 Å². The molecule has 0 fully saturated rings. The Morgan fingerprint density at radius 2 is 1.69 bits per heavy atom. The Balaban J connectivity index is 3.16. The first-order valence-electron chi connectivity index (χ1n) is 8.08. The molecule has 8 nitrogen and oxygen atoms in total. The standard InChI is InChI=1S/C16H22N2O6S2/c1-4-9-25(20,21)14-12(16(19)24-3)13-11(17)7-6-8-18(13)15(14)26(22,23)10-5-2/h6-8H,4-5,9-10,17H2,1-3H3. The molecule has 2 aromatic rings. The molecule has 0 saturated carbocycles. The zero-order valence-corrected chi connectivity index (χ0v) is 16.5. The second kappa shape index (κ2) is 7.28. The lowest BCUT2D eigenvalue weighted by molar-refractivity contribution is 0.0598. The predicted molar refractivity (Wildman–Crippen MR) is 97.8 cm³/mol. The van der Waals surface area contributed by atoms with Crippen molar-refractivity contribution in [3.63, 3.8) is 0 Å². The van der Waals surface area contributed by atoms with Crippen LogP contribution in [0.4, 0.5) is 5.69 Å². The molecule has 0 spiro atoms. The summed E-state index contributed by atoms with van der Waals surface area (Å²) in [7, 11) is -6.95. The maximum Gasteiger partial charge on any atom is 0.341 e. The molecule has 0 atom stereocenters. The van der Waals surface area contributed by atoms with Crippen LogP contribution < -0.4 is 5.73 Å². The van der Waals surface area contributed by atoms with Crippen molar-refractivity contribution in [1.29, 1.82) is 0 Å². The zero-order valence-electron chi connectivity index (χ0n) is 14.9. The highest BCUT2D eigenvalue weighted by molar-refractivity contribution is 7.94. The summed E-state index contributed by atoms with van der Waals surface area (Å²) < 4.78 is 57.4. The second-order valence-corrected chi connectivity index (χ2v) is 9.89. The third-order valence-electron chi connectivity index (χ3n) is 3.84. The number of nitrogen functional groups attached to an aromatic ring is 1. The number of esters is 1. The summed E-state index contributed by atoms with van der Waals surface area (Å²) in [6.07, 6.45) is 1.93. The van der Waals surface area contributed by atoms with Crippen LogP contribution in [0.1, 0.15) is 37.0 Å². The minimum absolute atomic E-state index is 0.0173. The van der Waals surface area contributed by atoms with Crippen LogP contribution in [0.3, 0.4) is 0 Å². The molecule has 2 rings (SSSR count).